The molecule has 0 radical (unpaired) electrons. The maximum absolute atomic E-state index is 14.4. The largest absolute Gasteiger partial charge is 0.479 e. The molecule has 174 valence electrons. The molecule has 0 aromatic heterocycles. The third-order valence-electron chi connectivity index (χ3n) is 7.35. The van der Waals surface area contributed by atoms with Gasteiger partial charge in [0.1, 0.15) is 23.4 Å². The van der Waals surface area contributed by atoms with Crippen LogP contribution in [0.25, 0.3) is 0 Å². The number of methoxy groups -OCH3 is 1. The molecule has 0 bridgehead atoms. The minimum Gasteiger partial charge on any atom is -0.479 e. The molecule has 0 aromatic carbocycles. The first-order valence-corrected chi connectivity index (χ1v) is 10.9. The summed E-state index contributed by atoms with van der Waals surface area (Å²) in [7, 11) is 1.59. The molecule has 7 atom stereocenters. The molecule has 1 saturated carbocycles. The van der Waals surface area contributed by atoms with Gasteiger partial charge in [0.25, 0.3) is 0 Å². The number of alkyl halides is 1. The van der Waals surface area contributed by atoms with Crippen LogP contribution >= 0.6 is 0 Å². The van der Waals surface area contributed by atoms with E-state index in [1.165, 1.54) is 5.57 Å². The number of nitrogens with zero attached hydrogens (tertiary/aromatic N) is 1. The van der Waals surface area contributed by atoms with Crippen LogP contribution in [-0.4, -0.2) is 84.1 Å². The summed E-state index contributed by atoms with van der Waals surface area (Å²) < 4.78 is 38.0. The number of allylic oxidation sites excluding steroid dienone is 1. The lowest BCUT2D eigenvalue weighted by atomic mass is 9.68. The zero-order valence-electron chi connectivity index (χ0n) is 18.6. The van der Waals surface area contributed by atoms with Crippen LogP contribution in [0.5, 0.6) is 0 Å². The highest BCUT2D eigenvalue weighted by Gasteiger charge is 2.72. The van der Waals surface area contributed by atoms with Gasteiger partial charge in [-0.2, -0.15) is 0 Å². The fourth-order valence-electron chi connectivity index (χ4n) is 5.38. The maximum Gasteiger partial charge on any atom is 0.410 e. The summed E-state index contributed by atoms with van der Waals surface area (Å²) in [5, 5.41) is 9.07. The Labute approximate surface area is 181 Å². The van der Waals surface area contributed by atoms with Gasteiger partial charge in [-0.25, -0.2) is 14.0 Å². The van der Waals surface area contributed by atoms with Gasteiger partial charge >= 0.3 is 12.1 Å². The van der Waals surface area contributed by atoms with E-state index in [-0.39, 0.29) is 30.6 Å². The number of epoxide rings is 2. The van der Waals surface area contributed by atoms with E-state index in [1.54, 1.807) is 7.11 Å². The fourth-order valence-corrected chi connectivity index (χ4v) is 5.38. The Hall–Kier alpha value is -1.71. The van der Waals surface area contributed by atoms with E-state index in [4.69, 9.17) is 24.1 Å². The van der Waals surface area contributed by atoms with Crippen LogP contribution in [-0.2, 0) is 23.7 Å². The molecule has 3 heterocycles. The van der Waals surface area contributed by atoms with Gasteiger partial charge in [0.05, 0.1) is 25.2 Å². The lowest BCUT2D eigenvalue weighted by molar-refractivity contribution is -0.150. The minimum absolute atomic E-state index is 0.00802. The summed E-state index contributed by atoms with van der Waals surface area (Å²) in [4.78, 5) is 25.0. The van der Waals surface area contributed by atoms with Crippen molar-refractivity contribution in [2.75, 3.05) is 26.8 Å². The maximum atomic E-state index is 14.4. The minimum atomic E-state index is -2.42. The SMILES string of the molecule is CO[C@@H]1[C@H](OC(=O)N2CCC(F)(C(=O)O)C2)CC[C@]2(CO2)[C@H]1[C@@]1(C)O[C@@H]1CC=C(C)C. The zero-order chi connectivity index (χ0) is 22.6. The van der Waals surface area contributed by atoms with E-state index < -0.39 is 42.1 Å². The average molecular weight is 441 g/mol. The van der Waals surface area contributed by atoms with Crippen molar-refractivity contribution in [3.63, 3.8) is 0 Å². The Kier molecular flexibility index (Phi) is 5.59. The molecule has 31 heavy (non-hydrogen) atoms. The van der Waals surface area contributed by atoms with Gasteiger partial charge in [-0.1, -0.05) is 11.6 Å². The van der Waals surface area contributed by atoms with Crippen LogP contribution in [0.1, 0.15) is 46.5 Å². The molecule has 1 aliphatic carbocycles. The van der Waals surface area contributed by atoms with Crippen LogP contribution in [0.15, 0.2) is 11.6 Å². The van der Waals surface area contributed by atoms with Gasteiger partial charge in [-0.05, 0) is 40.0 Å². The Bertz CT molecular complexity index is 780. The van der Waals surface area contributed by atoms with Crippen molar-refractivity contribution in [2.45, 2.75) is 81.6 Å². The normalized spacial score (nSPS) is 43.6. The number of carbonyl (C=O) groups excluding carboxylic acids is 1. The third kappa shape index (κ3) is 3.96. The topological polar surface area (TPSA) is 101 Å². The van der Waals surface area contributed by atoms with Crippen molar-refractivity contribution >= 4 is 12.1 Å². The monoisotopic (exact) mass is 441 g/mol. The summed E-state index contributed by atoms with van der Waals surface area (Å²) >= 11 is 0. The molecule has 3 saturated heterocycles. The number of carboxylic acids is 1. The van der Waals surface area contributed by atoms with Crippen LogP contribution in [0.4, 0.5) is 9.18 Å². The Morgan fingerprint density at radius 3 is 2.58 bits per heavy atom. The van der Waals surface area contributed by atoms with Gasteiger partial charge in [0.2, 0.25) is 5.67 Å². The molecule has 1 spiro atoms. The van der Waals surface area contributed by atoms with Crippen LogP contribution < -0.4 is 0 Å². The number of aliphatic carboxylic acids is 1. The molecule has 3 aliphatic heterocycles. The van der Waals surface area contributed by atoms with Gasteiger partial charge < -0.3 is 29.0 Å². The fraction of sp³-hybridized carbons (Fsp3) is 0.818. The molecular formula is C22H32FNO7. The quantitative estimate of drug-likeness (QED) is 0.500. The van der Waals surface area contributed by atoms with E-state index in [9.17, 15) is 14.0 Å². The summed E-state index contributed by atoms with van der Waals surface area (Å²) in [6.45, 7) is 6.29. The van der Waals surface area contributed by atoms with Crippen molar-refractivity contribution in [1.82, 2.24) is 4.90 Å². The lowest BCUT2D eigenvalue weighted by Gasteiger charge is -2.43. The molecule has 4 rings (SSSR count). The molecule has 1 unspecified atom stereocenters. The number of amides is 1. The standard InChI is InChI=1S/C22H32FNO7/c1-13(2)5-6-15-20(3,31-15)17-16(28-4)14(7-8-22(17)12-29-22)30-19(27)24-10-9-21(23,11-24)18(25)26/h5,14-17H,6-12H2,1-4H3,(H,25,26)/t14-,15-,16-,17-,20+,21?,22+/m1/s1. The first-order valence-electron chi connectivity index (χ1n) is 10.9. The summed E-state index contributed by atoms with van der Waals surface area (Å²) in [5.74, 6) is -1.66. The van der Waals surface area contributed by atoms with Crippen molar-refractivity contribution in [2.24, 2.45) is 5.92 Å². The number of ether oxygens (including phenoxy) is 4. The lowest BCUT2D eigenvalue weighted by Crippen LogP contribution is -2.56. The predicted molar refractivity (Wildman–Crippen MR) is 107 cm³/mol. The number of halogens is 1. The van der Waals surface area contributed by atoms with E-state index in [1.807, 2.05) is 13.8 Å². The molecule has 1 amide bonds. The van der Waals surface area contributed by atoms with Crippen LogP contribution in [0, 0.1) is 5.92 Å². The molecule has 0 aromatic rings. The van der Waals surface area contributed by atoms with Gasteiger partial charge in [-0.3, -0.25) is 0 Å². The highest BCUT2D eigenvalue weighted by atomic mass is 19.1. The second-order valence-electron chi connectivity index (χ2n) is 9.74. The number of likely N-dealkylation sites (tertiary alicyclic amines) is 1. The number of carboxylic acid groups (broad SMARTS) is 1. The Morgan fingerprint density at radius 1 is 1.32 bits per heavy atom. The number of hydrogen-bond acceptors (Lipinski definition) is 6. The molecule has 8 nitrogen and oxygen atoms in total. The second kappa shape index (κ2) is 7.71. The summed E-state index contributed by atoms with van der Waals surface area (Å²) in [6, 6.07) is 0. The third-order valence-corrected chi connectivity index (χ3v) is 7.35. The molecule has 1 N–H and O–H groups in total. The van der Waals surface area contributed by atoms with Crippen molar-refractivity contribution in [3.05, 3.63) is 11.6 Å². The molecule has 9 heteroatoms. The van der Waals surface area contributed by atoms with E-state index >= 15 is 0 Å². The van der Waals surface area contributed by atoms with Gasteiger partial charge in [0, 0.05) is 20.1 Å². The predicted octanol–water partition coefficient (Wildman–Crippen LogP) is 2.70. The number of rotatable bonds is 6. The smallest absolute Gasteiger partial charge is 0.410 e. The zero-order valence-corrected chi connectivity index (χ0v) is 18.6. The molecule has 4 fully saturated rings. The summed E-state index contributed by atoms with van der Waals surface area (Å²) in [5.41, 5.74) is -1.97. The first kappa shape index (κ1) is 22.5. The highest BCUT2D eigenvalue weighted by Crippen LogP contribution is 2.59. The van der Waals surface area contributed by atoms with E-state index in [0.717, 1.165) is 11.3 Å². The van der Waals surface area contributed by atoms with Crippen molar-refractivity contribution in [3.8, 4) is 0 Å². The van der Waals surface area contributed by atoms with E-state index in [0.29, 0.717) is 19.4 Å². The first-order chi connectivity index (χ1) is 14.5. The second-order valence-corrected chi connectivity index (χ2v) is 9.74. The Balaban J connectivity index is 1.46. The van der Waals surface area contributed by atoms with Crippen molar-refractivity contribution < 1.29 is 38.0 Å². The van der Waals surface area contributed by atoms with Gasteiger partial charge in [0.15, 0.2) is 0 Å². The van der Waals surface area contributed by atoms with Crippen LogP contribution in [0.3, 0.4) is 0 Å². The highest BCUT2D eigenvalue weighted by molar-refractivity contribution is 5.80. The number of carbonyl (C=O) groups is 2. The number of hydrogen-bond donors (Lipinski definition) is 1. The van der Waals surface area contributed by atoms with Crippen LogP contribution in [0.2, 0.25) is 0 Å². The molecule has 4 aliphatic rings. The average Bonchev–Trinajstić information content (AvgIpc) is 3.58. The van der Waals surface area contributed by atoms with Crippen molar-refractivity contribution in [1.29, 1.82) is 0 Å². The molecular weight excluding hydrogens is 409 g/mol. The summed E-state index contributed by atoms with van der Waals surface area (Å²) in [6.07, 6.45) is 2.35. The van der Waals surface area contributed by atoms with E-state index in [2.05, 4.69) is 13.0 Å². The Morgan fingerprint density at radius 2 is 2.03 bits per heavy atom. The van der Waals surface area contributed by atoms with Gasteiger partial charge in [-0.15, -0.1) is 0 Å².